The van der Waals surface area contributed by atoms with Crippen molar-refractivity contribution >= 4 is 31.1 Å². The minimum atomic E-state index is -0.0358. The highest BCUT2D eigenvalue weighted by Crippen LogP contribution is 2.38. The van der Waals surface area contributed by atoms with Gasteiger partial charge >= 0.3 is 18.2 Å². The van der Waals surface area contributed by atoms with Crippen molar-refractivity contribution in [3.8, 4) is 0 Å². The topological polar surface area (TPSA) is 0 Å². The molecule has 0 aromatic rings. The standard InChI is InChI=1S/C8H17.BrH.Mg/c1-6(2)8(5)7(3)4;;/h6,8H,1-5H3;1H;/q;;+1/p-1. The van der Waals surface area contributed by atoms with Crippen molar-refractivity contribution in [3.63, 3.8) is 0 Å². The Morgan fingerprint density at radius 3 is 1.70 bits per heavy atom. The van der Waals surface area contributed by atoms with Gasteiger partial charge in [-0.05, 0) is 5.92 Å². The number of rotatable bonds is 3. The number of hydrogen-bond acceptors (Lipinski definition) is 0. The Hall–Kier alpha value is 1.25. The number of halogens is 1. The molecule has 0 radical (unpaired) electrons. The summed E-state index contributed by atoms with van der Waals surface area (Å²) in [4.78, 5) is 0. The van der Waals surface area contributed by atoms with E-state index in [1.54, 1.807) is 0 Å². The summed E-state index contributed by atoms with van der Waals surface area (Å²) in [5.74, 6) is 1.67. The second-order valence-electron chi connectivity index (χ2n) is 4.15. The van der Waals surface area contributed by atoms with Gasteiger partial charge in [-0.25, -0.2) is 0 Å². The maximum Gasteiger partial charge on any atom is 0.474 e. The summed E-state index contributed by atoms with van der Waals surface area (Å²) < 4.78 is 0.578. The highest BCUT2D eigenvalue weighted by molar-refractivity contribution is 9.23. The Morgan fingerprint density at radius 2 is 1.60 bits per heavy atom. The molecule has 1 atom stereocenters. The van der Waals surface area contributed by atoms with Gasteiger partial charge in [0.05, 0.1) is 0 Å². The molecular formula is C8H17BrMg. The molecule has 2 heteroatoms. The van der Waals surface area contributed by atoms with E-state index in [4.69, 9.17) is 0 Å². The molecule has 1 unspecified atom stereocenters. The summed E-state index contributed by atoms with van der Waals surface area (Å²) in [6.45, 7) is 11.7. The molecule has 0 aliphatic rings. The largest absolute Gasteiger partial charge is 0.474 e. The second-order valence-corrected chi connectivity index (χ2v) is 7.93. The van der Waals surface area contributed by atoms with Crippen LogP contribution in [0.5, 0.6) is 0 Å². The third-order valence-corrected chi connectivity index (χ3v) is 8.25. The van der Waals surface area contributed by atoms with Crippen molar-refractivity contribution in [1.29, 1.82) is 0 Å². The van der Waals surface area contributed by atoms with Crippen LogP contribution in [-0.4, -0.2) is 18.2 Å². The maximum atomic E-state index is 3.68. The van der Waals surface area contributed by atoms with E-state index in [-0.39, 0.29) is 18.2 Å². The molecule has 0 aliphatic carbocycles. The molecule has 0 fully saturated rings. The van der Waals surface area contributed by atoms with E-state index in [2.05, 4.69) is 47.5 Å². The van der Waals surface area contributed by atoms with E-state index in [1.165, 1.54) is 0 Å². The zero-order chi connectivity index (χ0) is 8.36. The van der Waals surface area contributed by atoms with Crippen LogP contribution in [0.15, 0.2) is 0 Å². The van der Waals surface area contributed by atoms with Crippen molar-refractivity contribution in [2.45, 2.75) is 38.2 Å². The molecule has 0 saturated heterocycles. The Bertz CT molecular complexity index is 99.4. The minimum Gasteiger partial charge on any atom is -0.306 e. The molecule has 0 rings (SSSR count). The van der Waals surface area contributed by atoms with Gasteiger partial charge in [-0.1, -0.05) is 40.5 Å². The van der Waals surface area contributed by atoms with Gasteiger partial charge in [-0.2, -0.15) is 0 Å². The van der Waals surface area contributed by atoms with E-state index >= 15 is 0 Å². The molecule has 0 saturated carbocycles. The first-order valence-electron chi connectivity index (χ1n) is 3.97. The van der Waals surface area contributed by atoms with Crippen LogP contribution >= 0.6 is 12.9 Å². The summed E-state index contributed by atoms with van der Waals surface area (Å²) in [5.41, 5.74) is 0. The average Bonchev–Trinajstić information content (AvgIpc) is 1.86. The molecule has 0 nitrogen and oxygen atoms in total. The zero-order valence-corrected chi connectivity index (χ0v) is 10.7. The maximum absolute atomic E-state index is 3.68. The first kappa shape index (κ1) is 11.2. The quantitative estimate of drug-likeness (QED) is 0.635. The smallest absolute Gasteiger partial charge is 0.306 e. The number of hydrogen-bond donors (Lipinski definition) is 0. The van der Waals surface area contributed by atoms with Crippen LogP contribution in [0, 0.1) is 11.8 Å². The van der Waals surface area contributed by atoms with Crippen molar-refractivity contribution in [3.05, 3.63) is 0 Å². The van der Waals surface area contributed by atoms with Crippen molar-refractivity contribution in [1.82, 2.24) is 0 Å². The molecule has 0 aliphatic heterocycles. The lowest BCUT2D eigenvalue weighted by atomic mass is 9.86. The Kier molecular flexibility index (Phi) is 4.85. The fourth-order valence-corrected chi connectivity index (χ4v) is 3.27. The van der Waals surface area contributed by atoms with Gasteiger partial charge < -0.3 is 12.9 Å². The predicted octanol–water partition coefficient (Wildman–Crippen LogP) is 3.49. The highest BCUT2D eigenvalue weighted by Gasteiger charge is 2.28. The minimum absolute atomic E-state index is 0.0358. The monoisotopic (exact) mass is 216 g/mol. The van der Waals surface area contributed by atoms with Gasteiger partial charge in [-0.15, -0.1) is 3.54 Å². The molecule has 58 valence electrons. The average molecular weight is 217 g/mol. The summed E-state index contributed by atoms with van der Waals surface area (Å²) in [6.07, 6.45) is 0. The van der Waals surface area contributed by atoms with Gasteiger partial charge in [0.25, 0.3) is 0 Å². The van der Waals surface area contributed by atoms with Gasteiger partial charge in [0.15, 0.2) is 0 Å². The molecule has 0 amide bonds. The molecule has 0 N–H and O–H groups in total. The summed E-state index contributed by atoms with van der Waals surface area (Å²) in [6, 6.07) is 0. The van der Waals surface area contributed by atoms with Gasteiger partial charge in [0, 0.05) is 0 Å². The van der Waals surface area contributed by atoms with Crippen LogP contribution in [-0.2, 0) is 0 Å². The SMILES string of the molecule is CC(C)C(C)[C](C)(C)[Mg][Br]. The lowest BCUT2D eigenvalue weighted by Gasteiger charge is -2.33. The third kappa shape index (κ3) is 3.10. The first-order chi connectivity index (χ1) is 4.41. The molecule has 0 spiro atoms. The first-order valence-corrected chi connectivity index (χ1v) is 8.58. The van der Waals surface area contributed by atoms with Crippen LogP contribution in [0.4, 0.5) is 0 Å². The van der Waals surface area contributed by atoms with E-state index in [0.29, 0.717) is 3.54 Å². The zero-order valence-electron chi connectivity index (χ0n) is 7.74. The third-order valence-electron chi connectivity index (χ3n) is 2.58. The van der Waals surface area contributed by atoms with E-state index in [0.717, 1.165) is 11.8 Å². The molecule has 0 bridgehead atoms. The van der Waals surface area contributed by atoms with Crippen molar-refractivity contribution in [2.75, 3.05) is 0 Å². The molecule has 0 heterocycles. The summed E-state index contributed by atoms with van der Waals surface area (Å²) in [5, 5.41) is 0. The lowest BCUT2D eigenvalue weighted by molar-refractivity contribution is 0.331. The van der Waals surface area contributed by atoms with Crippen LogP contribution in [0.2, 0.25) is 3.54 Å². The van der Waals surface area contributed by atoms with Crippen molar-refractivity contribution in [2.24, 2.45) is 11.8 Å². The molecule has 0 aromatic heterocycles. The predicted molar refractivity (Wildman–Crippen MR) is 52.7 cm³/mol. The molecule has 10 heavy (non-hydrogen) atoms. The van der Waals surface area contributed by atoms with E-state index in [1.807, 2.05) is 0 Å². The summed E-state index contributed by atoms with van der Waals surface area (Å²) >= 11 is 3.64. The Morgan fingerprint density at radius 1 is 1.20 bits per heavy atom. The van der Waals surface area contributed by atoms with E-state index in [9.17, 15) is 0 Å². The van der Waals surface area contributed by atoms with Crippen molar-refractivity contribution < 1.29 is 0 Å². The van der Waals surface area contributed by atoms with Crippen LogP contribution in [0.25, 0.3) is 0 Å². The second kappa shape index (κ2) is 4.32. The fourth-order valence-electron chi connectivity index (χ4n) is 1.02. The molecule has 0 aromatic carbocycles. The lowest BCUT2D eigenvalue weighted by Crippen LogP contribution is -2.22. The fraction of sp³-hybridized carbons (Fsp3) is 1.00. The normalized spacial score (nSPS) is 15.1. The van der Waals surface area contributed by atoms with Gasteiger partial charge in [-0.3, -0.25) is 0 Å². The molecular weight excluding hydrogens is 200 g/mol. The van der Waals surface area contributed by atoms with Gasteiger partial charge in [0.1, 0.15) is 0 Å². The van der Waals surface area contributed by atoms with Gasteiger partial charge in [0.2, 0.25) is 0 Å². The van der Waals surface area contributed by atoms with Crippen LogP contribution in [0.1, 0.15) is 34.6 Å². The Balaban J connectivity index is 4.03. The van der Waals surface area contributed by atoms with E-state index < -0.39 is 0 Å². The highest BCUT2D eigenvalue weighted by atomic mass is 79.9. The van der Waals surface area contributed by atoms with Crippen LogP contribution < -0.4 is 0 Å². The summed E-state index contributed by atoms with van der Waals surface area (Å²) in [7, 11) is 0. The van der Waals surface area contributed by atoms with Crippen LogP contribution in [0.3, 0.4) is 0 Å². The Labute approximate surface area is 80.7 Å².